The Morgan fingerprint density at radius 3 is 2.39 bits per heavy atom. The lowest BCUT2D eigenvalue weighted by Crippen LogP contribution is -1.96. The van der Waals surface area contributed by atoms with E-state index in [1.54, 1.807) is 48.7 Å². The van der Waals surface area contributed by atoms with Crippen LogP contribution in [-0.2, 0) is 0 Å². The normalized spacial score (nSPS) is 10.7. The summed E-state index contributed by atoms with van der Waals surface area (Å²) >= 11 is 0. The number of phenols is 1. The van der Waals surface area contributed by atoms with Crippen LogP contribution < -0.4 is 0 Å². The van der Waals surface area contributed by atoms with Crippen LogP contribution in [0.1, 0.15) is 15.9 Å². The van der Waals surface area contributed by atoms with Crippen LogP contribution in [-0.4, -0.2) is 22.4 Å². The Hall–Kier alpha value is -2.62. The fourth-order valence-electron chi connectivity index (χ4n) is 1.47. The van der Waals surface area contributed by atoms with Crippen molar-refractivity contribution in [2.24, 2.45) is 4.99 Å². The van der Waals surface area contributed by atoms with Crippen molar-refractivity contribution in [2.75, 3.05) is 0 Å². The highest BCUT2D eigenvalue weighted by atomic mass is 16.4. The fraction of sp³-hybridized carbons (Fsp3) is 0. The number of nitrogens with zero attached hydrogens (tertiary/aromatic N) is 1. The lowest BCUT2D eigenvalue weighted by Gasteiger charge is -1.99. The Kier molecular flexibility index (Phi) is 3.38. The number of carbonyl (C=O) groups is 1. The summed E-state index contributed by atoms with van der Waals surface area (Å²) in [4.78, 5) is 15.1. The smallest absolute Gasteiger partial charge is 0.337 e. The zero-order valence-electron chi connectivity index (χ0n) is 9.45. The van der Waals surface area contributed by atoms with Gasteiger partial charge in [0.15, 0.2) is 0 Å². The van der Waals surface area contributed by atoms with Crippen LogP contribution in [0, 0.1) is 0 Å². The summed E-state index contributed by atoms with van der Waals surface area (Å²) in [5, 5.41) is 18.1. The number of carboxylic acids is 1. The highest BCUT2D eigenvalue weighted by Gasteiger charge is 2.06. The van der Waals surface area contributed by atoms with Gasteiger partial charge in [0.1, 0.15) is 5.75 Å². The van der Waals surface area contributed by atoms with E-state index in [0.29, 0.717) is 5.69 Å². The van der Waals surface area contributed by atoms with E-state index in [4.69, 9.17) is 10.2 Å². The van der Waals surface area contributed by atoms with E-state index < -0.39 is 5.97 Å². The second-order valence-electron chi connectivity index (χ2n) is 3.67. The highest BCUT2D eigenvalue weighted by molar-refractivity contribution is 5.95. The van der Waals surface area contributed by atoms with Gasteiger partial charge < -0.3 is 10.2 Å². The first kappa shape index (κ1) is 11.9. The highest BCUT2D eigenvalue weighted by Crippen LogP contribution is 2.18. The minimum absolute atomic E-state index is 0.160. The molecule has 0 bridgehead atoms. The molecule has 0 fully saturated rings. The van der Waals surface area contributed by atoms with E-state index in [-0.39, 0.29) is 11.3 Å². The first-order valence-electron chi connectivity index (χ1n) is 5.32. The number of para-hydroxylation sites is 1. The molecule has 0 aliphatic heterocycles. The standard InChI is InChI=1S/C14H11NO3/c16-11-7-5-10(6-8-11)9-15-13-4-2-1-3-12(13)14(17)18/h1-9,16H,(H,17,18). The van der Waals surface area contributed by atoms with Crippen molar-refractivity contribution in [3.63, 3.8) is 0 Å². The number of hydrogen-bond donors (Lipinski definition) is 2. The summed E-state index contributed by atoms with van der Waals surface area (Å²) in [6.45, 7) is 0. The fourth-order valence-corrected chi connectivity index (χ4v) is 1.47. The van der Waals surface area contributed by atoms with E-state index in [9.17, 15) is 4.79 Å². The summed E-state index contributed by atoms with van der Waals surface area (Å²) in [5.74, 6) is -0.827. The number of carboxylic acid groups (broad SMARTS) is 1. The topological polar surface area (TPSA) is 69.9 Å². The van der Waals surface area contributed by atoms with E-state index in [0.717, 1.165) is 5.56 Å². The van der Waals surface area contributed by atoms with Gasteiger partial charge in [0, 0.05) is 6.21 Å². The number of hydrogen-bond acceptors (Lipinski definition) is 3. The lowest BCUT2D eigenvalue weighted by molar-refractivity contribution is 0.0698. The largest absolute Gasteiger partial charge is 0.508 e. The number of benzene rings is 2. The van der Waals surface area contributed by atoms with Crippen LogP contribution in [0.4, 0.5) is 5.69 Å². The van der Waals surface area contributed by atoms with Crippen molar-refractivity contribution in [3.8, 4) is 5.75 Å². The van der Waals surface area contributed by atoms with Gasteiger partial charge in [0.25, 0.3) is 0 Å². The summed E-state index contributed by atoms with van der Waals surface area (Å²) in [7, 11) is 0. The second-order valence-corrected chi connectivity index (χ2v) is 3.67. The molecule has 0 saturated heterocycles. The maximum Gasteiger partial charge on any atom is 0.337 e. The average molecular weight is 241 g/mol. The summed E-state index contributed by atoms with van der Waals surface area (Å²) in [5.41, 5.74) is 1.35. The predicted molar refractivity (Wildman–Crippen MR) is 68.8 cm³/mol. The predicted octanol–water partition coefficient (Wildman–Crippen LogP) is 2.84. The van der Waals surface area contributed by atoms with Crippen molar-refractivity contribution in [1.82, 2.24) is 0 Å². The molecule has 0 atom stereocenters. The van der Waals surface area contributed by atoms with Crippen LogP contribution >= 0.6 is 0 Å². The first-order valence-corrected chi connectivity index (χ1v) is 5.32. The van der Waals surface area contributed by atoms with Crippen molar-refractivity contribution in [2.45, 2.75) is 0 Å². The van der Waals surface area contributed by atoms with Gasteiger partial charge >= 0.3 is 5.97 Å². The monoisotopic (exact) mass is 241 g/mol. The average Bonchev–Trinajstić information content (AvgIpc) is 2.38. The SMILES string of the molecule is O=C(O)c1ccccc1N=Cc1ccc(O)cc1. The van der Waals surface area contributed by atoms with Crippen LogP contribution in [0.2, 0.25) is 0 Å². The minimum Gasteiger partial charge on any atom is -0.508 e. The van der Waals surface area contributed by atoms with Crippen molar-refractivity contribution in [1.29, 1.82) is 0 Å². The molecule has 4 heteroatoms. The Labute approximate surface area is 104 Å². The number of rotatable bonds is 3. The number of phenolic OH excluding ortho intramolecular Hbond substituents is 1. The molecule has 2 N–H and O–H groups in total. The third-order valence-corrected chi connectivity index (χ3v) is 2.38. The molecule has 0 spiro atoms. The number of aromatic hydroxyl groups is 1. The first-order chi connectivity index (χ1) is 8.66. The Morgan fingerprint density at radius 2 is 1.72 bits per heavy atom. The third-order valence-electron chi connectivity index (χ3n) is 2.38. The van der Waals surface area contributed by atoms with Crippen LogP contribution in [0.15, 0.2) is 53.5 Å². The summed E-state index contributed by atoms with van der Waals surface area (Å²) in [6.07, 6.45) is 1.56. The van der Waals surface area contributed by atoms with Crippen molar-refractivity contribution < 1.29 is 15.0 Å². The van der Waals surface area contributed by atoms with E-state index in [1.807, 2.05) is 0 Å². The lowest BCUT2D eigenvalue weighted by atomic mass is 10.2. The van der Waals surface area contributed by atoms with E-state index in [2.05, 4.69) is 4.99 Å². The second kappa shape index (κ2) is 5.14. The van der Waals surface area contributed by atoms with Gasteiger partial charge in [-0.05, 0) is 42.0 Å². The van der Waals surface area contributed by atoms with Crippen LogP contribution in [0.3, 0.4) is 0 Å². The van der Waals surface area contributed by atoms with Crippen LogP contribution in [0.25, 0.3) is 0 Å². The molecule has 0 aliphatic rings. The van der Waals surface area contributed by atoms with Gasteiger partial charge in [-0.25, -0.2) is 4.79 Å². The molecule has 0 amide bonds. The molecule has 2 aromatic rings. The number of aromatic carboxylic acids is 1. The Morgan fingerprint density at radius 1 is 1.06 bits per heavy atom. The summed E-state index contributed by atoms with van der Waals surface area (Å²) < 4.78 is 0. The minimum atomic E-state index is -1.01. The molecule has 0 aliphatic carbocycles. The maximum atomic E-state index is 11.0. The maximum absolute atomic E-state index is 11.0. The third kappa shape index (κ3) is 2.74. The van der Waals surface area contributed by atoms with Crippen molar-refractivity contribution >= 4 is 17.9 Å². The molecular formula is C14H11NO3. The molecule has 0 aromatic heterocycles. The molecule has 0 heterocycles. The molecule has 0 saturated carbocycles. The van der Waals surface area contributed by atoms with E-state index in [1.165, 1.54) is 6.07 Å². The number of aliphatic imine (C=N–C) groups is 1. The van der Waals surface area contributed by atoms with Crippen LogP contribution in [0.5, 0.6) is 5.75 Å². The van der Waals surface area contributed by atoms with Gasteiger partial charge in [-0.3, -0.25) is 4.99 Å². The van der Waals surface area contributed by atoms with Gasteiger partial charge in [0.2, 0.25) is 0 Å². The Balaban J connectivity index is 2.29. The molecular weight excluding hydrogens is 230 g/mol. The van der Waals surface area contributed by atoms with Gasteiger partial charge in [-0.15, -0.1) is 0 Å². The van der Waals surface area contributed by atoms with Gasteiger partial charge in [0.05, 0.1) is 11.3 Å². The Bertz CT molecular complexity index is 588. The van der Waals surface area contributed by atoms with Gasteiger partial charge in [-0.2, -0.15) is 0 Å². The van der Waals surface area contributed by atoms with Gasteiger partial charge in [-0.1, -0.05) is 12.1 Å². The molecule has 4 nitrogen and oxygen atoms in total. The van der Waals surface area contributed by atoms with Crippen molar-refractivity contribution in [3.05, 3.63) is 59.7 Å². The molecule has 90 valence electrons. The zero-order valence-corrected chi connectivity index (χ0v) is 9.45. The molecule has 2 aromatic carbocycles. The van der Waals surface area contributed by atoms with E-state index >= 15 is 0 Å². The molecule has 18 heavy (non-hydrogen) atoms. The molecule has 0 unspecified atom stereocenters. The summed E-state index contributed by atoms with van der Waals surface area (Å²) in [6, 6.07) is 13.0. The quantitative estimate of drug-likeness (QED) is 0.812. The molecule has 2 rings (SSSR count). The zero-order chi connectivity index (χ0) is 13.0. The molecule has 0 radical (unpaired) electrons.